The van der Waals surface area contributed by atoms with E-state index in [1.807, 2.05) is 36.7 Å². The first-order chi connectivity index (χ1) is 8.26. The molecule has 90 valence electrons. The first-order valence-corrected chi connectivity index (χ1v) is 6.07. The molecule has 1 heterocycles. The summed E-state index contributed by atoms with van der Waals surface area (Å²) in [6.07, 6.45) is 1.56. The zero-order valence-electron chi connectivity index (χ0n) is 10.3. The highest BCUT2D eigenvalue weighted by Gasteiger charge is 2.14. The third-order valence-electron chi connectivity index (χ3n) is 2.94. The molecule has 0 amide bonds. The minimum Gasteiger partial charge on any atom is -0.504 e. The highest BCUT2D eigenvalue weighted by Crippen LogP contribution is 2.23. The minimum atomic E-state index is 0.367. The summed E-state index contributed by atoms with van der Waals surface area (Å²) in [5.74, 6) is 0.367. The number of aryl methyl sites for hydroxylation is 1. The molecule has 1 aromatic heterocycles. The molecule has 1 aromatic carbocycles. The van der Waals surface area contributed by atoms with E-state index in [-0.39, 0.29) is 0 Å². The van der Waals surface area contributed by atoms with Crippen LogP contribution in [-0.4, -0.2) is 14.9 Å². The van der Waals surface area contributed by atoms with Crippen LogP contribution < -0.4 is 0 Å². The van der Waals surface area contributed by atoms with Crippen LogP contribution in [0.3, 0.4) is 0 Å². The quantitative estimate of drug-likeness (QED) is 0.877. The summed E-state index contributed by atoms with van der Waals surface area (Å²) in [5.41, 5.74) is 2.91. The molecule has 0 unspecified atom stereocenters. The van der Waals surface area contributed by atoms with Gasteiger partial charge in [-0.3, -0.25) is 4.68 Å². The lowest BCUT2D eigenvalue weighted by Gasteiger charge is -2.05. The van der Waals surface area contributed by atoms with E-state index in [9.17, 15) is 5.11 Å². The van der Waals surface area contributed by atoms with E-state index < -0.39 is 0 Å². The SMILES string of the molecule is CCc1nn(Cc2ccccc2)c(CC)c1O. The first-order valence-electron chi connectivity index (χ1n) is 6.07. The molecule has 2 rings (SSSR count). The third kappa shape index (κ3) is 2.33. The molecule has 0 aliphatic carbocycles. The number of rotatable bonds is 4. The van der Waals surface area contributed by atoms with Crippen molar-refractivity contribution in [2.75, 3.05) is 0 Å². The van der Waals surface area contributed by atoms with E-state index in [0.717, 1.165) is 30.8 Å². The number of nitrogens with zero attached hydrogens (tertiary/aromatic N) is 2. The molecule has 0 aliphatic rings. The van der Waals surface area contributed by atoms with Gasteiger partial charge in [-0.25, -0.2) is 0 Å². The van der Waals surface area contributed by atoms with Gasteiger partial charge in [-0.1, -0.05) is 44.2 Å². The summed E-state index contributed by atoms with van der Waals surface area (Å²) < 4.78 is 1.91. The molecule has 17 heavy (non-hydrogen) atoms. The van der Waals surface area contributed by atoms with Gasteiger partial charge in [0, 0.05) is 0 Å². The summed E-state index contributed by atoms with van der Waals surface area (Å²) >= 11 is 0. The van der Waals surface area contributed by atoms with E-state index in [1.165, 1.54) is 5.56 Å². The van der Waals surface area contributed by atoms with E-state index in [4.69, 9.17) is 0 Å². The predicted octanol–water partition coefficient (Wildman–Crippen LogP) is 2.76. The highest BCUT2D eigenvalue weighted by molar-refractivity contribution is 5.33. The van der Waals surface area contributed by atoms with E-state index in [1.54, 1.807) is 0 Å². The molecule has 1 N–H and O–H groups in total. The van der Waals surface area contributed by atoms with Crippen molar-refractivity contribution in [2.45, 2.75) is 33.2 Å². The van der Waals surface area contributed by atoms with Crippen LogP contribution in [0.1, 0.15) is 30.8 Å². The largest absolute Gasteiger partial charge is 0.504 e. The van der Waals surface area contributed by atoms with E-state index >= 15 is 0 Å². The Morgan fingerprint density at radius 3 is 2.41 bits per heavy atom. The fraction of sp³-hybridized carbons (Fsp3) is 0.357. The van der Waals surface area contributed by atoms with Crippen molar-refractivity contribution in [3.63, 3.8) is 0 Å². The average Bonchev–Trinajstić information content (AvgIpc) is 2.66. The molecular formula is C14H18N2O. The summed E-state index contributed by atoms with van der Waals surface area (Å²) in [5, 5.41) is 14.5. The van der Waals surface area contributed by atoms with Gasteiger partial charge in [0.2, 0.25) is 0 Å². The molecule has 0 aliphatic heterocycles. The van der Waals surface area contributed by atoms with Gasteiger partial charge in [-0.2, -0.15) is 5.10 Å². The summed E-state index contributed by atoms with van der Waals surface area (Å²) in [7, 11) is 0. The lowest BCUT2D eigenvalue weighted by molar-refractivity contribution is 0.460. The summed E-state index contributed by atoms with van der Waals surface area (Å²) in [4.78, 5) is 0. The predicted molar refractivity (Wildman–Crippen MR) is 68.2 cm³/mol. The maximum absolute atomic E-state index is 10.0. The minimum absolute atomic E-state index is 0.367. The maximum Gasteiger partial charge on any atom is 0.160 e. The molecule has 0 atom stereocenters. The van der Waals surface area contributed by atoms with Crippen molar-refractivity contribution in [3.05, 3.63) is 47.3 Å². The average molecular weight is 230 g/mol. The van der Waals surface area contributed by atoms with Crippen molar-refractivity contribution < 1.29 is 5.11 Å². The Bertz CT molecular complexity index is 488. The first kappa shape index (κ1) is 11.7. The van der Waals surface area contributed by atoms with Crippen molar-refractivity contribution in [2.24, 2.45) is 0 Å². The highest BCUT2D eigenvalue weighted by atomic mass is 16.3. The van der Waals surface area contributed by atoms with Crippen molar-refractivity contribution in [3.8, 4) is 5.75 Å². The molecule has 2 aromatic rings. The van der Waals surface area contributed by atoms with Gasteiger partial charge in [0.05, 0.1) is 12.2 Å². The zero-order valence-corrected chi connectivity index (χ0v) is 10.3. The Balaban J connectivity index is 2.32. The van der Waals surface area contributed by atoms with Gasteiger partial charge in [0.15, 0.2) is 5.75 Å². The molecule has 0 saturated carbocycles. The van der Waals surface area contributed by atoms with Crippen LogP contribution in [0.2, 0.25) is 0 Å². The van der Waals surface area contributed by atoms with Crippen LogP contribution in [0.5, 0.6) is 5.75 Å². The Morgan fingerprint density at radius 2 is 1.82 bits per heavy atom. The molecule has 0 bridgehead atoms. The van der Waals surface area contributed by atoms with Crippen LogP contribution in [0.4, 0.5) is 0 Å². The van der Waals surface area contributed by atoms with Gasteiger partial charge >= 0.3 is 0 Å². The van der Waals surface area contributed by atoms with Gasteiger partial charge in [-0.05, 0) is 18.4 Å². The van der Waals surface area contributed by atoms with Gasteiger partial charge in [0.1, 0.15) is 5.69 Å². The van der Waals surface area contributed by atoms with Crippen LogP contribution in [-0.2, 0) is 19.4 Å². The van der Waals surface area contributed by atoms with Crippen molar-refractivity contribution in [1.29, 1.82) is 0 Å². The smallest absolute Gasteiger partial charge is 0.160 e. The lowest BCUT2D eigenvalue weighted by Crippen LogP contribution is -2.05. The second-order valence-corrected chi connectivity index (χ2v) is 4.09. The molecule has 0 fully saturated rings. The van der Waals surface area contributed by atoms with Gasteiger partial charge in [-0.15, -0.1) is 0 Å². The number of hydrogen-bond donors (Lipinski definition) is 1. The standard InChI is InChI=1S/C14H18N2O/c1-3-12-14(17)13(4-2)16(15-12)10-11-8-6-5-7-9-11/h5-9,17H,3-4,10H2,1-2H3. The molecule has 3 heteroatoms. The van der Waals surface area contributed by atoms with Crippen LogP contribution in [0.25, 0.3) is 0 Å². The monoisotopic (exact) mass is 230 g/mol. The molecule has 0 spiro atoms. The van der Waals surface area contributed by atoms with E-state index in [0.29, 0.717) is 5.75 Å². The molecule has 0 saturated heterocycles. The maximum atomic E-state index is 10.0. The normalized spacial score (nSPS) is 10.7. The summed E-state index contributed by atoms with van der Waals surface area (Å²) in [6.45, 7) is 4.77. The number of benzene rings is 1. The zero-order chi connectivity index (χ0) is 12.3. The van der Waals surface area contributed by atoms with E-state index in [2.05, 4.69) is 17.2 Å². The number of aromatic nitrogens is 2. The van der Waals surface area contributed by atoms with Crippen LogP contribution in [0.15, 0.2) is 30.3 Å². The van der Waals surface area contributed by atoms with Crippen LogP contribution in [0, 0.1) is 0 Å². The Morgan fingerprint density at radius 1 is 1.12 bits per heavy atom. The molecule has 0 radical (unpaired) electrons. The molecular weight excluding hydrogens is 212 g/mol. The van der Waals surface area contributed by atoms with Gasteiger partial charge in [0.25, 0.3) is 0 Å². The van der Waals surface area contributed by atoms with Crippen molar-refractivity contribution >= 4 is 0 Å². The Kier molecular flexibility index (Phi) is 3.47. The lowest BCUT2D eigenvalue weighted by atomic mass is 10.2. The fourth-order valence-electron chi connectivity index (χ4n) is 2.02. The topological polar surface area (TPSA) is 38.0 Å². The second kappa shape index (κ2) is 5.04. The van der Waals surface area contributed by atoms with Gasteiger partial charge < -0.3 is 5.11 Å². The fourth-order valence-corrected chi connectivity index (χ4v) is 2.02. The Hall–Kier alpha value is -1.77. The number of hydrogen-bond acceptors (Lipinski definition) is 2. The molecule has 3 nitrogen and oxygen atoms in total. The second-order valence-electron chi connectivity index (χ2n) is 4.09. The Labute approximate surface area is 102 Å². The van der Waals surface area contributed by atoms with Crippen LogP contribution >= 0.6 is 0 Å². The summed E-state index contributed by atoms with van der Waals surface area (Å²) in [6, 6.07) is 10.2. The number of aromatic hydroxyl groups is 1. The third-order valence-corrected chi connectivity index (χ3v) is 2.94. The van der Waals surface area contributed by atoms with Crippen molar-refractivity contribution in [1.82, 2.24) is 9.78 Å².